The molecule has 1 aliphatic carbocycles. The Bertz CT molecular complexity index is 3850. The van der Waals surface area contributed by atoms with E-state index in [1.807, 2.05) is 0 Å². The van der Waals surface area contributed by atoms with Crippen molar-refractivity contribution in [3.8, 4) is 33.9 Å². The molecule has 0 N–H and O–H groups in total. The van der Waals surface area contributed by atoms with Crippen LogP contribution < -0.4 is 0 Å². The van der Waals surface area contributed by atoms with Crippen molar-refractivity contribution < 1.29 is 0 Å². The van der Waals surface area contributed by atoms with Crippen molar-refractivity contribution in [2.45, 2.75) is 12.8 Å². The third-order valence-corrected chi connectivity index (χ3v) is 12.9. The molecule has 0 spiro atoms. The Morgan fingerprint density at radius 3 is 1.53 bits per heavy atom. The van der Waals surface area contributed by atoms with Gasteiger partial charge in [-0.05, 0) is 105 Å². The molecule has 9 aromatic carbocycles. The van der Waals surface area contributed by atoms with E-state index >= 15 is 0 Å². The summed E-state index contributed by atoms with van der Waals surface area (Å²) in [5.41, 5.74) is 13.5. The van der Waals surface area contributed by atoms with E-state index in [4.69, 9.17) is 9.97 Å². The number of aromatic nitrogens is 4. The highest BCUT2D eigenvalue weighted by molar-refractivity contribution is 6.28. The van der Waals surface area contributed by atoms with Crippen molar-refractivity contribution in [1.29, 1.82) is 0 Å². The van der Waals surface area contributed by atoms with Gasteiger partial charge in [-0.1, -0.05) is 164 Å². The lowest BCUT2D eigenvalue weighted by molar-refractivity contribution is 0.996. The van der Waals surface area contributed by atoms with Crippen LogP contribution in [0.15, 0.2) is 206 Å². The molecule has 4 nitrogen and oxygen atoms in total. The summed E-state index contributed by atoms with van der Waals surface area (Å²) >= 11 is 0. The lowest BCUT2D eigenvalue weighted by atomic mass is 9.90. The van der Waals surface area contributed by atoms with Gasteiger partial charge in [-0.2, -0.15) is 0 Å². The lowest BCUT2D eigenvalue weighted by Crippen LogP contribution is -2.05. The van der Waals surface area contributed by atoms with Gasteiger partial charge in [-0.3, -0.25) is 4.57 Å². The summed E-state index contributed by atoms with van der Waals surface area (Å²) in [4.78, 5) is 10.8. The third kappa shape index (κ3) is 5.20. The average molecular weight is 791 g/mol. The zero-order valence-corrected chi connectivity index (χ0v) is 33.8. The van der Waals surface area contributed by atoms with Crippen LogP contribution in [-0.4, -0.2) is 19.1 Å². The number of hydrogen-bond acceptors (Lipinski definition) is 2. The summed E-state index contributed by atoms with van der Waals surface area (Å²) in [6, 6.07) is 68.3. The van der Waals surface area contributed by atoms with Crippen molar-refractivity contribution in [2.75, 3.05) is 0 Å². The Labute approximate surface area is 358 Å². The van der Waals surface area contributed by atoms with Gasteiger partial charge in [0.05, 0.1) is 33.3 Å². The van der Waals surface area contributed by atoms with Gasteiger partial charge in [0.25, 0.3) is 0 Å². The highest BCUT2D eigenvalue weighted by atomic mass is 15.2. The Morgan fingerprint density at radius 2 is 0.903 bits per heavy atom. The zero-order chi connectivity index (χ0) is 40.7. The van der Waals surface area contributed by atoms with Gasteiger partial charge >= 0.3 is 0 Å². The Hall–Kier alpha value is -8.08. The van der Waals surface area contributed by atoms with E-state index in [1.165, 1.54) is 76.4 Å². The van der Waals surface area contributed by atoms with E-state index in [9.17, 15) is 0 Å². The van der Waals surface area contributed by atoms with E-state index < -0.39 is 0 Å². The SMILES string of the molecule is C1=CC(c2nc(-n3c4ccccc4c4c5ccccc5c(-c5cc6c(c7ccccc57)c5ccccc5n6-c5ccc(-c6ccccc6)cc5)cc43)nc3ccccc23)=CCC1. The average Bonchev–Trinajstić information content (AvgIpc) is 3.87. The molecule has 0 atom stereocenters. The minimum Gasteiger partial charge on any atom is -0.309 e. The second-order valence-electron chi connectivity index (χ2n) is 16.4. The van der Waals surface area contributed by atoms with E-state index in [-0.39, 0.29) is 0 Å². The van der Waals surface area contributed by atoms with Gasteiger partial charge in [0.2, 0.25) is 5.95 Å². The number of benzene rings is 9. The molecule has 0 unspecified atom stereocenters. The van der Waals surface area contributed by atoms with E-state index in [2.05, 4.69) is 215 Å². The Balaban J connectivity index is 1.13. The van der Waals surface area contributed by atoms with Crippen LogP contribution in [0, 0.1) is 0 Å². The van der Waals surface area contributed by atoms with Gasteiger partial charge in [0.15, 0.2) is 0 Å². The molecular weight excluding hydrogens is 753 g/mol. The molecule has 3 aromatic heterocycles. The molecule has 0 amide bonds. The van der Waals surface area contributed by atoms with Gasteiger partial charge in [0, 0.05) is 32.6 Å². The quantitative estimate of drug-likeness (QED) is 0.174. The standard InChI is InChI=1S/C58H38N4/c1-3-17-37(18-4-1)38-31-33-40(34-32-38)61-51-29-15-12-26-46(51)55-43-23-9-7-21-41(43)48(35-53(55)61)49-36-54-56(44-24-10-8-22-42(44)49)47-27-13-16-30-52(47)62(54)58-59-50-28-14-11-25-45(50)57(60-58)39-19-5-2-6-20-39/h1,3-5,7-36H,2,6H2. The number of para-hydroxylation sites is 3. The molecule has 13 rings (SSSR count). The minimum absolute atomic E-state index is 0.672. The summed E-state index contributed by atoms with van der Waals surface area (Å²) in [6.45, 7) is 0. The summed E-state index contributed by atoms with van der Waals surface area (Å²) in [6.07, 6.45) is 8.83. The largest absolute Gasteiger partial charge is 0.309 e. The Morgan fingerprint density at radius 1 is 0.387 bits per heavy atom. The fraction of sp³-hybridized carbons (Fsp3) is 0.0345. The maximum atomic E-state index is 5.46. The van der Waals surface area contributed by atoms with Gasteiger partial charge in [0.1, 0.15) is 0 Å². The molecule has 0 saturated carbocycles. The molecule has 1 aliphatic rings. The molecule has 12 aromatic rings. The predicted molar refractivity (Wildman–Crippen MR) is 260 cm³/mol. The first-order chi connectivity index (χ1) is 30.8. The number of fused-ring (bicyclic) bond motifs is 11. The van der Waals surface area contributed by atoms with Crippen LogP contribution in [0.4, 0.5) is 0 Å². The molecule has 0 saturated heterocycles. The monoisotopic (exact) mass is 790 g/mol. The summed E-state index contributed by atoms with van der Waals surface area (Å²) in [5, 5.41) is 10.8. The number of nitrogens with zero attached hydrogens (tertiary/aromatic N) is 4. The molecular formula is C58H38N4. The third-order valence-electron chi connectivity index (χ3n) is 12.9. The predicted octanol–water partition coefficient (Wildman–Crippen LogP) is 15.2. The van der Waals surface area contributed by atoms with Crippen LogP contribution in [0.25, 0.3) is 116 Å². The summed E-state index contributed by atoms with van der Waals surface area (Å²) in [5.74, 6) is 0.672. The van der Waals surface area contributed by atoms with Crippen molar-refractivity contribution in [3.63, 3.8) is 0 Å². The van der Waals surface area contributed by atoms with Crippen molar-refractivity contribution in [1.82, 2.24) is 19.1 Å². The maximum Gasteiger partial charge on any atom is 0.235 e. The minimum atomic E-state index is 0.672. The molecule has 4 heteroatoms. The fourth-order valence-electron chi connectivity index (χ4n) is 10.2. The fourth-order valence-corrected chi connectivity index (χ4v) is 10.2. The molecule has 0 bridgehead atoms. The zero-order valence-electron chi connectivity index (χ0n) is 33.8. The number of hydrogen-bond donors (Lipinski definition) is 0. The summed E-state index contributed by atoms with van der Waals surface area (Å²) in [7, 11) is 0. The smallest absolute Gasteiger partial charge is 0.235 e. The van der Waals surface area contributed by atoms with Crippen molar-refractivity contribution in [3.05, 3.63) is 212 Å². The summed E-state index contributed by atoms with van der Waals surface area (Å²) < 4.78 is 4.75. The topological polar surface area (TPSA) is 35.6 Å². The van der Waals surface area contributed by atoms with E-state index in [0.29, 0.717) is 5.95 Å². The molecule has 62 heavy (non-hydrogen) atoms. The van der Waals surface area contributed by atoms with Gasteiger partial charge in [-0.15, -0.1) is 0 Å². The van der Waals surface area contributed by atoms with Crippen LogP contribution in [0.5, 0.6) is 0 Å². The van der Waals surface area contributed by atoms with E-state index in [0.717, 1.165) is 51.7 Å². The van der Waals surface area contributed by atoms with Crippen molar-refractivity contribution >= 4 is 81.6 Å². The van der Waals surface area contributed by atoms with Crippen LogP contribution in [-0.2, 0) is 0 Å². The first kappa shape index (κ1) is 34.8. The van der Waals surface area contributed by atoms with E-state index in [1.54, 1.807) is 0 Å². The molecule has 0 radical (unpaired) electrons. The normalized spacial score (nSPS) is 13.1. The van der Waals surface area contributed by atoms with Gasteiger partial charge < -0.3 is 4.57 Å². The molecule has 290 valence electrons. The van der Waals surface area contributed by atoms with Crippen molar-refractivity contribution in [2.24, 2.45) is 0 Å². The van der Waals surface area contributed by atoms with Crippen LogP contribution >= 0.6 is 0 Å². The van der Waals surface area contributed by atoms with Crippen LogP contribution in [0.3, 0.4) is 0 Å². The number of allylic oxidation sites excluding steroid dienone is 4. The lowest BCUT2D eigenvalue weighted by Gasteiger charge is -2.16. The molecule has 0 fully saturated rings. The first-order valence-corrected chi connectivity index (χ1v) is 21.5. The second-order valence-corrected chi connectivity index (χ2v) is 16.4. The first-order valence-electron chi connectivity index (χ1n) is 21.5. The number of rotatable bonds is 5. The molecule has 0 aliphatic heterocycles. The van der Waals surface area contributed by atoms with Crippen LogP contribution in [0.1, 0.15) is 18.5 Å². The second kappa shape index (κ2) is 13.7. The molecule has 3 heterocycles. The highest BCUT2D eigenvalue weighted by Gasteiger charge is 2.23. The highest BCUT2D eigenvalue weighted by Crippen LogP contribution is 2.46. The Kier molecular flexibility index (Phi) is 7.70. The van der Waals surface area contributed by atoms with Gasteiger partial charge in [-0.25, -0.2) is 9.97 Å². The van der Waals surface area contributed by atoms with Crippen LogP contribution in [0.2, 0.25) is 0 Å². The maximum absolute atomic E-state index is 5.46.